The molecule has 0 saturated carbocycles. The van der Waals surface area contributed by atoms with E-state index in [0.29, 0.717) is 57.2 Å². The van der Waals surface area contributed by atoms with Gasteiger partial charge in [-0.3, -0.25) is 10.1 Å². The maximum absolute atomic E-state index is 17.9. The summed E-state index contributed by atoms with van der Waals surface area (Å²) in [5, 5.41) is 22.1. The molecule has 0 radical (unpaired) electrons. The van der Waals surface area contributed by atoms with Crippen molar-refractivity contribution < 1.29 is 27.2 Å². The van der Waals surface area contributed by atoms with E-state index in [9.17, 15) is 28.5 Å². The van der Waals surface area contributed by atoms with Crippen LogP contribution in [0, 0.1) is 27.3 Å². The third-order valence-electron chi connectivity index (χ3n) is 7.87. The predicted molar refractivity (Wildman–Crippen MR) is 221 cm³/mol. The molecule has 0 spiro atoms. The molecule has 0 bridgehead atoms. The van der Waals surface area contributed by atoms with Crippen molar-refractivity contribution in [3.8, 4) is 11.8 Å². The van der Waals surface area contributed by atoms with Crippen molar-refractivity contribution in [3.63, 3.8) is 0 Å². The van der Waals surface area contributed by atoms with E-state index < -0.39 is 22.5 Å². The minimum absolute atomic E-state index is 0.0241. The lowest BCUT2D eigenvalue weighted by Crippen LogP contribution is -2.04. The molecule has 6 aromatic rings. The molecule has 0 N–H and O–H groups in total. The Morgan fingerprint density at radius 2 is 1.28 bits per heavy atom. The van der Waals surface area contributed by atoms with Gasteiger partial charge in [0.05, 0.1) is 43.4 Å². The summed E-state index contributed by atoms with van der Waals surface area (Å²) < 4.78 is 65.9. The molecule has 0 aliphatic rings. The summed E-state index contributed by atoms with van der Waals surface area (Å²) in [7, 11) is 0. The molecule has 6 aromatic carbocycles. The molecule has 57 heavy (non-hydrogen) atoms. The number of para-hydroxylation sites is 1. The Morgan fingerprint density at radius 1 is 0.719 bits per heavy atom. The summed E-state index contributed by atoms with van der Waals surface area (Å²) in [5.74, 6) is -0.128. The molecule has 290 valence electrons. The van der Waals surface area contributed by atoms with Crippen LogP contribution < -0.4 is 4.74 Å². The van der Waals surface area contributed by atoms with E-state index in [1.807, 2.05) is 31.2 Å². The summed E-state index contributed by atoms with van der Waals surface area (Å²) in [6, 6.07) is 33.8. The first-order valence-electron chi connectivity index (χ1n) is 17.1. The van der Waals surface area contributed by atoms with E-state index in [2.05, 4.69) is 6.07 Å². The van der Waals surface area contributed by atoms with Gasteiger partial charge in [-0.25, -0.2) is 4.39 Å². The van der Waals surface area contributed by atoms with Gasteiger partial charge in [0.15, 0.2) is 5.82 Å². The van der Waals surface area contributed by atoms with E-state index in [4.69, 9.17) is 16.3 Å². The van der Waals surface area contributed by atoms with Crippen molar-refractivity contribution in [1.29, 1.82) is 5.26 Å². The van der Waals surface area contributed by atoms with Gasteiger partial charge >= 0.3 is 6.18 Å². The molecule has 6 rings (SSSR count). The number of alkyl halides is 3. The lowest BCUT2D eigenvalue weighted by atomic mass is 10.2. The van der Waals surface area contributed by atoms with Crippen LogP contribution in [0.15, 0.2) is 170 Å². The Labute approximate surface area is 353 Å². The molecular weight excluding hydrogens is 852 g/mol. The topological polar surface area (TPSA) is 76.2 Å². The monoisotopic (exact) mass is 880 g/mol. The summed E-state index contributed by atoms with van der Waals surface area (Å²) in [6.45, 7) is 2.50. The normalized spacial score (nSPS) is 11.3. The standard InChI is InChI=1S/C42H29ClF4N2O3S5/c1-2-3-20-52-34-18-4-5-19-35(34)57-40-38(54-32-16-8-12-28(43)23-32)36(44)37(53-31-15-7-11-27(22-31)42(45,46)47)39(55-30-14-6-10-26(21-30)25-48)41(40)56-33-17-9-13-29(24-33)49(50)51/h4-19,21-24H,2-3,20H2,1H3. The number of nitro groups is 1. The number of non-ortho nitro benzene ring substituents is 1. The van der Waals surface area contributed by atoms with E-state index in [0.717, 1.165) is 60.3 Å². The highest BCUT2D eigenvalue weighted by molar-refractivity contribution is 8.05. The first-order valence-corrected chi connectivity index (χ1v) is 21.6. The maximum Gasteiger partial charge on any atom is 0.416 e. The van der Waals surface area contributed by atoms with Gasteiger partial charge in [-0.15, -0.1) is 0 Å². The second kappa shape index (κ2) is 19.5. The molecule has 0 atom stereocenters. The van der Waals surface area contributed by atoms with Gasteiger partial charge in [0.25, 0.3) is 5.69 Å². The highest BCUT2D eigenvalue weighted by Crippen LogP contribution is 2.57. The number of nitrogens with zero attached hydrogens (tertiary/aromatic N) is 2. The molecule has 0 amide bonds. The van der Waals surface area contributed by atoms with Crippen LogP contribution in [0.4, 0.5) is 23.2 Å². The molecular formula is C42H29ClF4N2O3S5. The summed E-state index contributed by atoms with van der Waals surface area (Å²) in [4.78, 5) is 15.3. The Balaban J connectivity index is 1.68. The van der Waals surface area contributed by atoms with Crippen LogP contribution in [0.5, 0.6) is 5.75 Å². The third-order valence-corrected chi connectivity index (χ3v) is 14.1. The SMILES string of the molecule is CCCCOc1ccccc1Sc1c(Sc2cccc(Cl)c2)c(F)c(Sc2cccc(C(F)(F)F)c2)c(Sc2cccc(C#N)c2)c1Sc1cccc([N+](=O)[O-])c1. The van der Waals surface area contributed by atoms with Crippen LogP contribution >= 0.6 is 70.4 Å². The molecule has 15 heteroatoms. The van der Waals surface area contributed by atoms with Gasteiger partial charge in [0, 0.05) is 51.4 Å². The van der Waals surface area contributed by atoms with Gasteiger partial charge in [-0.2, -0.15) is 18.4 Å². The van der Waals surface area contributed by atoms with E-state index >= 15 is 4.39 Å². The molecule has 0 fully saturated rings. The number of nitro benzene ring substituents is 1. The van der Waals surface area contributed by atoms with Gasteiger partial charge in [-0.05, 0) is 79.2 Å². The number of hydrogen-bond acceptors (Lipinski definition) is 9. The molecule has 0 aliphatic carbocycles. The van der Waals surface area contributed by atoms with Crippen LogP contribution in [0.3, 0.4) is 0 Å². The fourth-order valence-corrected chi connectivity index (χ4v) is 11.5. The Bertz CT molecular complexity index is 2460. The van der Waals surface area contributed by atoms with Crippen molar-refractivity contribution in [3.05, 3.63) is 153 Å². The highest BCUT2D eigenvalue weighted by Gasteiger charge is 2.32. The smallest absolute Gasteiger partial charge is 0.416 e. The fraction of sp³-hybridized carbons (Fsp3) is 0.119. The molecule has 0 heterocycles. The molecule has 0 aromatic heterocycles. The number of ether oxygens (including phenoxy) is 1. The lowest BCUT2D eigenvalue weighted by Gasteiger charge is -2.23. The number of unbranched alkanes of at least 4 members (excludes halogenated alkanes) is 1. The van der Waals surface area contributed by atoms with Gasteiger partial charge in [0.1, 0.15) is 5.75 Å². The Morgan fingerprint density at radius 3 is 1.93 bits per heavy atom. The van der Waals surface area contributed by atoms with E-state index in [-0.39, 0.29) is 20.4 Å². The van der Waals surface area contributed by atoms with Crippen LogP contribution in [0.1, 0.15) is 30.9 Å². The second-order valence-electron chi connectivity index (χ2n) is 12.0. The minimum Gasteiger partial charge on any atom is -0.492 e. The zero-order valence-corrected chi connectivity index (χ0v) is 34.6. The second-order valence-corrected chi connectivity index (χ2v) is 17.8. The zero-order chi connectivity index (χ0) is 40.5. The highest BCUT2D eigenvalue weighted by atomic mass is 35.5. The number of rotatable bonds is 15. The quantitative estimate of drug-likeness (QED) is 0.0434. The molecule has 0 saturated heterocycles. The van der Waals surface area contributed by atoms with E-state index in [1.165, 1.54) is 47.8 Å². The molecule has 0 aliphatic heterocycles. The van der Waals surface area contributed by atoms with Crippen LogP contribution in [0.25, 0.3) is 0 Å². The van der Waals surface area contributed by atoms with Crippen LogP contribution in [-0.2, 0) is 6.18 Å². The lowest BCUT2D eigenvalue weighted by molar-refractivity contribution is -0.385. The van der Waals surface area contributed by atoms with Crippen molar-refractivity contribution in [2.24, 2.45) is 0 Å². The third kappa shape index (κ3) is 11.0. The first-order chi connectivity index (χ1) is 27.4. The van der Waals surface area contributed by atoms with Crippen LogP contribution in [-0.4, -0.2) is 11.5 Å². The Hall–Kier alpha value is -4.23. The number of nitriles is 1. The fourth-order valence-electron chi connectivity index (χ4n) is 5.19. The number of benzene rings is 6. The average molecular weight is 881 g/mol. The van der Waals surface area contributed by atoms with Crippen molar-refractivity contribution in [1.82, 2.24) is 0 Å². The van der Waals surface area contributed by atoms with Gasteiger partial charge in [-0.1, -0.05) is 120 Å². The Kier molecular flexibility index (Phi) is 14.5. The average Bonchev–Trinajstić information content (AvgIpc) is 3.19. The first kappa shape index (κ1) is 42.4. The van der Waals surface area contributed by atoms with Gasteiger partial charge in [0.2, 0.25) is 0 Å². The number of halogens is 5. The summed E-state index contributed by atoms with van der Waals surface area (Å²) >= 11 is 11.9. The van der Waals surface area contributed by atoms with E-state index in [1.54, 1.807) is 60.7 Å². The van der Waals surface area contributed by atoms with Crippen molar-refractivity contribution >= 4 is 76.1 Å². The minimum atomic E-state index is -4.64. The predicted octanol–water partition coefficient (Wildman–Crippen LogP) is 15.2. The van der Waals surface area contributed by atoms with Crippen molar-refractivity contribution in [2.45, 2.75) is 74.9 Å². The summed E-state index contributed by atoms with van der Waals surface area (Å²) in [5.41, 5.74) is -0.703. The molecule has 0 unspecified atom stereocenters. The maximum atomic E-state index is 17.9. The number of hydrogen-bond donors (Lipinski definition) is 0. The van der Waals surface area contributed by atoms with Gasteiger partial charge < -0.3 is 4.74 Å². The largest absolute Gasteiger partial charge is 0.492 e. The van der Waals surface area contributed by atoms with Crippen LogP contribution in [0.2, 0.25) is 5.02 Å². The summed E-state index contributed by atoms with van der Waals surface area (Å²) in [6.07, 6.45) is -2.93. The van der Waals surface area contributed by atoms with Crippen molar-refractivity contribution in [2.75, 3.05) is 6.61 Å². The molecule has 5 nitrogen and oxygen atoms in total. The zero-order valence-electron chi connectivity index (χ0n) is 29.7.